The molecule has 0 saturated heterocycles. The zero-order chi connectivity index (χ0) is 13.9. The van der Waals surface area contributed by atoms with Crippen LogP contribution in [0, 0.1) is 5.92 Å². The number of nitrogens with one attached hydrogen (secondary N) is 1. The van der Waals surface area contributed by atoms with Gasteiger partial charge in [-0.15, -0.1) is 11.8 Å². The summed E-state index contributed by atoms with van der Waals surface area (Å²) < 4.78 is 5.46. The Morgan fingerprint density at radius 2 is 2.05 bits per heavy atom. The van der Waals surface area contributed by atoms with Crippen LogP contribution in [-0.2, 0) is 4.79 Å². The highest BCUT2D eigenvalue weighted by Crippen LogP contribution is 2.53. The average molecular weight is 305 g/mol. The molecule has 2 aromatic rings. The Labute approximate surface area is 123 Å². The topological polar surface area (TPSA) is 59.2 Å². The van der Waals surface area contributed by atoms with Crippen molar-refractivity contribution in [2.75, 3.05) is 0 Å². The van der Waals surface area contributed by atoms with Gasteiger partial charge in [-0.2, -0.15) is 0 Å². The van der Waals surface area contributed by atoms with Crippen LogP contribution >= 0.6 is 23.1 Å². The smallest absolute Gasteiger partial charge is 0.316 e. The first-order valence-corrected chi connectivity index (χ1v) is 8.05. The Morgan fingerprint density at radius 3 is 2.90 bits per heavy atom. The molecule has 0 amide bonds. The van der Waals surface area contributed by atoms with E-state index in [1.54, 1.807) is 11.8 Å². The number of hydrogen-bond donors (Lipinski definition) is 1. The minimum absolute atomic E-state index is 0.0632. The third kappa shape index (κ3) is 1.61. The summed E-state index contributed by atoms with van der Waals surface area (Å²) in [5, 5.41) is 0.983. The van der Waals surface area contributed by atoms with Crippen LogP contribution in [0.25, 0.3) is 0 Å². The largest absolute Gasteiger partial charge is 0.426 e. The van der Waals surface area contributed by atoms with E-state index in [1.807, 2.05) is 31.2 Å². The fourth-order valence-corrected chi connectivity index (χ4v) is 5.39. The van der Waals surface area contributed by atoms with Gasteiger partial charge in [0.15, 0.2) is 0 Å². The number of benzene rings is 1. The van der Waals surface area contributed by atoms with E-state index in [2.05, 4.69) is 4.98 Å². The van der Waals surface area contributed by atoms with Gasteiger partial charge in [-0.25, -0.2) is 0 Å². The highest BCUT2D eigenvalue weighted by atomic mass is 32.2. The van der Waals surface area contributed by atoms with Gasteiger partial charge in [0.2, 0.25) is 0 Å². The molecule has 3 heterocycles. The van der Waals surface area contributed by atoms with Crippen LogP contribution in [-0.4, -0.2) is 16.2 Å². The summed E-state index contributed by atoms with van der Waals surface area (Å²) in [5.41, 5.74) is 1.00. The molecule has 20 heavy (non-hydrogen) atoms. The average Bonchev–Trinajstić information content (AvgIpc) is 2.78. The molecule has 1 N–H and O–H groups in total. The fourth-order valence-electron chi connectivity index (χ4n) is 2.98. The number of para-hydroxylation sites is 1. The van der Waals surface area contributed by atoms with Crippen LogP contribution in [0.3, 0.4) is 0 Å². The predicted molar refractivity (Wildman–Crippen MR) is 77.7 cm³/mol. The molecule has 1 aromatic heterocycles. The van der Waals surface area contributed by atoms with Crippen molar-refractivity contribution < 1.29 is 9.53 Å². The van der Waals surface area contributed by atoms with Gasteiger partial charge in [0, 0.05) is 21.6 Å². The molecule has 0 saturated carbocycles. The first-order valence-electron chi connectivity index (χ1n) is 6.35. The molecule has 4 rings (SSSR count). The van der Waals surface area contributed by atoms with Crippen molar-refractivity contribution >= 4 is 29.1 Å². The maximum absolute atomic E-state index is 12.3. The number of thiazole rings is 1. The minimum atomic E-state index is -0.228. The molecular formula is C14H11NO3S2. The Kier molecular flexibility index (Phi) is 2.59. The Balaban J connectivity index is 1.99. The molecule has 3 unspecified atom stereocenters. The van der Waals surface area contributed by atoms with Crippen LogP contribution < -0.4 is 9.61 Å². The molecule has 6 heteroatoms. The van der Waals surface area contributed by atoms with E-state index < -0.39 is 0 Å². The summed E-state index contributed by atoms with van der Waals surface area (Å²) in [7, 11) is 0. The van der Waals surface area contributed by atoms with Crippen LogP contribution in [0.5, 0.6) is 5.75 Å². The third-order valence-electron chi connectivity index (χ3n) is 3.83. The van der Waals surface area contributed by atoms with Crippen LogP contribution in [0.15, 0.2) is 34.1 Å². The van der Waals surface area contributed by atoms with E-state index in [1.165, 1.54) is 11.3 Å². The van der Waals surface area contributed by atoms with E-state index in [0.717, 1.165) is 15.5 Å². The van der Waals surface area contributed by atoms with Crippen LogP contribution in [0.1, 0.15) is 23.3 Å². The summed E-state index contributed by atoms with van der Waals surface area (Å²) >= 11 is 2.75. The SMILES string of the molecule is CC1Sc2[nH]c(=O)sc2C2c3ccccc3OC(=O)C12. The second-order valence-electron chi connectivity index (χ2n) is 4.99. The van der Waals surface area contributed by atoms with Gasteiger partial charge in [-0.1, -0.05) is 36.5 Å². The lowest BCUT2D eigenvalue weighted by molar-refractivity contribution is -0.140. The van der Waals surface area contributed by atoms with Gasteiger partial charge in [0.1, 0.15) is 5.75 Å². The first kappa shape index (κ1) is 12.2. The number of carbonyl (C=O) groups excluding carboxylic acids is 1. The number of carbonyl (C=O) groups is 1. The second-order valence-corrected chi connectivity index (χ2v) is 7.40. The summed E-state index contributed by atoms with van der Waals surface area (Å²) in [6.45, 7) is 2.01. The number of esters is 1. The summed E-state index contributed by atoms with van der Waals surface area (Å²) in [6, 6.07) is 7.59. The number of rotatable bonds is 0. The van der Waals surface area contributed by atoms with Crippen molar-refractivity contribution in [3.63, 3.8) is 0 Å². The fraction of sp³-hybridized carbons (Fsp3) is 0.286. The zero-order valence-corrected chi connectivity index (χ0v) is 12.2. The maximum atomic E-state index is 12.3. The van der Waals surface area contributed by atoms with Crippen molar-refractivity contribution in [1.29, 1.82) is 0 Å². The Morgan fingerprint density at radius 1 is 1.25 bits per heavy atom. The highest BCUT2D eigenvalue weighted by Gasteiger charge is 2.47. The van der Waals surface area contributed by atoms with Crippen LogP contribution in [0.4, 0.5) is 0 Å². The molecule has 3 atom stereocenters. The van der Waals surface area contributed by atoms with E-state index in [9.17, 15) is 9.59 Å². The van der Waals surface area contributed by atoms with Crippen molar-refractivity contribution in [1.82, 2.24) is 4.98 Å². The number of thioether (sulfide) groups is 1. The molecule has 0 fully saturated rings. The minimum Gasteiger partial charge on any atom is -0.426 e. The highest BCUT2D eigenvalue weighted by molar-refractivity contribution is 8.00. The van der Waals surface area contributed by atoms with E-state index in [4.69, 9.17) is 4.74 Å². The maximum Gasteiger partial charge on any atom is 0.316 e. The number of aromatic amines is 1. The lowest BCUT2D eigenvalue weighted by atomic mass is 9.80. The van der Waals surface area contributed by atoms with Crippen molar-refractivity contribution in [3.8, 4) is 5.75 Å². The van der Waals surface area contributed by atoms with Gasteiger partial charge in [-0.3, -0.25) is 9.59 Å². The molecule has 0 aliphatic carbocycles. The quantitative estimate of drug-likeness (QED) is 0.600. The van der Waals surface area contributed by atoms with E-state index >= 15 is 0 Å². The number of aromatic nitrogens is 1. The molecule has 0 radical (unpaired) electrons. The molecule has 1 aromatic carbocycles. The zero-order valence-electron chi connectivity index (χ0n) is 10.6. The second kappa shape index (κ2) is 4.23. The van der Waals surface area contributed by atoms with Gasteiger partial charge >= 0.3 is 10.8 Å². The normalized spacial score (nSPS) is 27.2. The van der Waals surface area contributed by atoms with Crippen LogP contribution in [0.2, 0.25) is 0 Å². The summed E-state index contributed by atoms with van der Waals surface area (Å²) in [5.74, 6) is 0.126. The number of fused-ring (bicyclic) bond motifs is 5. The molecule has 102 valence electrons. The van der Waals surface area contributed by atoms with Crippen molar-refractivity contribution in [2.24, 2.45) is 5.92 Å². The molecule has 2 aliphatic rings. The Hall–Kier alpha value is -1.53. The third-order valence-corrected chi connectivity index (χ3v) is 6.15. The predicted octanol–water partition coefficient (Wildman–Crippen LogP) is 2.60. The molecule has 2 aliphatic heterocycles. The van der Waals surface area contributed by atoms with Crippen molar-refractivity contribution in [3.05, 3.63) is 44.4 Å². The van der Waals surface area contributed by atoms with Gasteiger partial charge in [0.05, 0.1) is 10.9 Å². The monoisotopic (exact) mass is 305 g/mol. The van der Waals surface area contributed by atoms with Gasteiger partial charge in [-0.05, 0) is 6.07 Å². The van der Waals surface area contributed by atoms with Crippen molar-refractivity contribution in [2.45, 2.75) is 23.1 Å². The van der Waals surface area contributed by atoms with E-state index in [0.29, 0.717) is 5.75 Å². The van der Waals surface area contributed by atoms with E-state index in [-0.39, 0.29) is 27.9 Å². The molecule has 0 spiro atoms. The lowest BCUT2D eigenvalue weighted by Crippen LogP contribution is -2.39. The standard InChI is InChI=1S/C14H11NO3S2/c1-6-9-10(11-12(19-6)15-14(17)20-11)7-4-2-3-5-8(7)18-13(9)16/h2-6,9-10H,1H3,(H,15,17). The van der Waals surface area contributed by atoms with Gasteiger partial charge < -0.3 is 9.72 Å². The summed E-state index contributed by atoms with van der Waals surface area (Å²) in [6.07, 6.45) is 0. The lowest BCUT2D eigenvalue weighted by Gasteiger charge is -2.37. The number of hydrogen-bond acceptors (Lipinski definition) is 5. The molecular weight excluding hydrogens is 294 g/mol. The Bertz CT molecular complexity index is 764. The number of ether oxygens (including phenoxy) is 1. The number of H-pyrrole nitrogens is 1. The molecule has 4 nitrogen and oxygen atoms in total. The van der Waals surface area contributed by atoms with Gasteiger partial charge in [0.25, 0.3) is 0 Å². The summed E-state index contributed by atoms with van der Waals surface area (Å²) in [4.78, 5) is 27.7. The molecule has 0 bridgehead atoms. The first-order chi connectivity index (χ1) is 9.65.